The lowest BCUT2D eigenvalue weighted by molar-refractivity contribution is -0.141. The third-order valence-electron chi connectivity index (χ3n) is 5.27. The van der Waals surface area contributed by atoms with E-state index < -0.39 is 31.1 Å². The molecule has 178 valence electrons. The summed E-state index contributed by atoms with van der Waals surface area (Å²) in [4.78, 5) is 28.5. The van der Waals surface area contributed by atoms with Crippen molar-refractivity contribution >= 4 is 5.91 Å². The zero-order valence-corrected chi connectivity index (χ0v) is 18.1. The Bertz CT molecular complexity index is 1130. The molecule has 0 saturated heterocycles. The van der Waals surface area contributed by atoms with Crippen molar-refractivity contribution in [1.29, 1.82) is 0 Å². The van der Waals surface area contributed by atoms with Crippen LogP contribution in [0.15, 0.2) is 49.3 Å². The Morgan fingerprint density at radius 2 is 1.94 bits per heavy atom. The number of carbonyl (C=O) groups excluding carboxylic acids is 1. The number of amides is 1. The van der Waals surface area contributed by atoms with Gasteiger partial charge in [-0.3, -0.25) is 10.2 Å². The van der Waals surface area contributed by atoms with E-state index in [1.165, 1.54) is 30.8 Å². The Balaban J connectivity index is 1.59. The first kappa shape index (κ1) is 23.4. The Kier molecular flexibility index (Phi) is 6.87. The van der Waals surface area contributed by atoms with Gasteiger partial charge >= 0.3 is 12.2 Å². The number of halogens is 3. The predicted molar refractivity (Wildman–Crippen MR) is 114 cm³/mol. The van der Waals surface area contributed by atoms with Gasteiger partial charge in [-0.2, -0.15) is 13.2 Å². The van der Waals surface area contributed by atoms with Crippen molar-refractivity contribution < 1.29 is 27.4 Å². The monoisotopic (exact) mass is 474 g/mol. The molecule has 0 radical (unpaired) electrons. The van der Waals surface area contributed by atoms with E-state index in [9.17, 15) is 18.0 Å². The Morgan fingerprint density at radius 3 is 2.62 bits per heavy atom. The number of alkyl halides is 3. The molecule has 0 unspecified atom stereocenters. The van der Waals surface area contributed by atoms with Crippen LogP contribution >= 0.6 is 0 Å². The fourth-order valence-electron chi connectivity index (χ4n) is 3.61. The second-order valence-corrected chi connectivity index (χ2v) is 7.54. The number of nitrogens with zero attached hydrogens (tertiary/aromatic N) is 5. The van der Waals surface area contributed by atoms with E-state index in [2.05, 4.69) is 25.4 Å². The van der Waals surface area contributed by atoms with Crippen molar-refractivity contribution in [2.24, 2.45) is 0 Å². The maximum Gasteiger partial charge on any atom is 0.390 e. The molecule has 3 heterocycles. The molecule has 0 bridgehead atoms. The fraction of sp³-hybridized carbons (Fsp3) is 0.318. The van der Waals surface area contributed by atoms with E-state index in [4.69, 9.17) is 9.47 Å². The summed E-state index contributed by atoms with van der Waals surface area (Å²) in [6.07, 6.45) is 1.88. The van der Waals surface area contributed by atoms with Gasteiger partial charge in [0, 0.05) is 42.5 Å². The smallest absolute Gasteiger partial charge is 0.390 e. The highest BCUT2D eigenvalue weighted by molar-refractivity contribution is 5.93. The van der Waals surface area contributed by atoms with Crippen LogP contribution in [-0.2, 0) is 6.42 Å². The molecule has 0 aliphatic carbocycles. The molecule has 3 aromatic rings. The first-order chi connectivity index (χ1) is 16.3. The maximum atomic E-state index is 13.0. The molecule has 34 heavy (non-hydrogen) atoms. The third kappa shape index (κ3) is 5.57. The number of hydrogen-bond acceptors (Lipinski definition) is 8. The van der Waals surface area contributed by atoms with Gasteiger partial charge in [0.2, 0.25) is 0 Å². The molecular formula is C22H21F3N6O3. The number of carbonyl (C=O) groups is 1. The molecule has 12 heteroatoms. The SMILES string of the molecule is COc1ncc(-c2cccc3c2C[C@H](N(CCC(F)(F)F)NC(=O)c2cncnc2)CO3)cn1. The van der Waals surface area contributed by atoms with Crippen molar-refractivity contribution in [3.8, 4) is 22.9 Å². The van der Waals surface area contributed by atoms with Crippen LogP contribution in [-0.4, -0.2) is 63.3 Å². The van der Waals surface area contributed by atoms with Gasteiger partial charge in [-0.05, 0) is 18.1 Å². The van der Waals surface area contributed by atoms with Crippen LogP contribution in [0.2, 0.25) is 0 Å². The lowest BCUT2D eigenvalue weighted by Crippen LogP contribution is -2.53. The number of benzene rings is 1. The summed E-state index contributed by atoms with van der Waals surface area (Å²) in [5, 5.41) is 1.27. The molecular weight excluding hydrogens is 453 g/mol. The largest absolute Gasteiger partial charge is 0.492 e. The molecule has 0 spiro atoms. The van der Waals surface area contributed by atoms with Gasteiger partial charge in [-0.25, -0.2) is 24.9 Å². The van der Waals surface area contributed by atoms with E-state index in [1.54, 1.807) is 18.5 Å². The van der Waals surface area contributed by atoms with Crippen molar-refractivity contribution in [3.63, 3.8) is 0 Å². The summed E-state index contributed by atoms with van der Waals surface area (Å²) in [6.45, 7) is -0.348. The number of nitrogens with one attached hydrogen (secondary N) is 1. The average molecular weight is 474 g/mol. The highest BCUT2D eigenvalue weighted by atomic mass is 19.4. The highest BCUT2D eigenvalue weighted by Gasteiger charge is 2.33. The molecule has 1 atom stereocenters. The average Bonchev–Trinajstić information content (AvgIpc) is 2.86. The van der Waals surface area contributed by atoms with E-state index in [0.717, 1.165) is 11.1 Å². The van der Waals surface area contributed by atoms with Crippen molar-refractivity contribution in [2.45, 2.75) is 25.1 Å². The Morgan fingerprint density at radius 1 is 1.21 bits per heavy atom. The highest BCUT2D eigenvalue weighted by Crippen LogP contribution is 2.35. The maximum absolute atomic E-state index is 13.0. The number of hydrazine groups is 1. The van der Waals surface area contributed by atoms with Gasteiger partial charge in [-0.1, -0.05) is 12.1 Å². The number of rotatable bonds is 7. The molecule has 1 aliphatic rings. The van der Waals surface area contributed by atoms with E-state index in [0.29, 0.717) is 17.7 Å². The number of fused-ring (bicyclic) bond motifs is 1. The normalized spacial score (nSPS) is 15.4. The van der Waals surface area contributed by atoms with Gasteiger partial charge in [0.1, 0.15) is 18.7 Å². The van der Waals surface area contributed by atoms with Gasteiger partial charge in [0.15, 0.2) is 0 Å². The minimum absolute atomic E-state index is 0.0962. The molecule has 1 amide bonds. The number of ether oxygens (including phenoxy) is 2. The Hall–Kier alpha value is -3.80. The van der Waals surface area contributed by atoms with Crippen LogP contribution in [0.5, 0.6) is 11.8 Å². The minimum Gasteiger partial charge on any atom is -0.492 e. The quantitative estimate of drug-likeness (QED) is 0.522. The first-order valence-electron chi connectivity index (χ1n) is 10.3. The second-order valence-electron chi connectivity index (χ2n) is 7.54. The molecule has 0 fully saturated rings. The summed E-state index contributed by atoms with van der Waals surface area (Å²) >= 11 is 0. The molecule has 9 nitrogen and oxygen atoms in total. The summed E-state index contributed by atoms with van der Waals surface area (Å²) in [7, 11) is 1.46. The van der Waals surface area contributed by atoms with Gasteiger partial charge in [-0.15, -0.1) is 0 Å². The number of methoxy groups -OCH3 is 1. The summed E-state index contributed by atoms with van der Waals surface area (Å²) < 4.78 is 49.9. The lowest BCUT2D eigenvalue weighted by Gasteiger charge is -2.36. The molecule has 1 aliphatic heterocycles. The van der Waals surface area contributed by atoms with E-state index in [-0.39, 0.29) is 18.2 Å². The predicted octanol–water partition coefficient (Wildman–Crippen LogP) is 2.85. The van der Waals surface area contributed by atoms with Crippen LogP contribution < -0.4 is 14.9 Å². The molecule has 2 aromatic heterocycles. The summed E-state index contributed by atoms with van der Waals surface area (Å²) in [5.41, 5.74) is 4.97. The van der Waals surface area contributed by atoms with Crippen LogP contribution in [0.1, 0.15) is 22.3 Å². The van der Waals surface area contributed by atoms with Crippen molar-refractivity contribution in [3.05, 3.63) is 60.4 Å². The van der Waals surface area contributed by atoms with Gasteiger partial charge in [0.05, 0.1) is 25.1 Å². The van der Waals surface area contributed by atoms with E-state index >= 15 is 0 Å². The van der Waals surface area contributed by atoms with Crippen LogP contribution in [0, 0.1) is 0 Å². The van der Waals surface area contributed by atoms with Crippen LogP contribution in [0.4, 0.5) is 13.2 Å². The van der Waals surface area contributed by atoms with Crippen molar-refractivity contribution in [1.82, 2.24) is 30.4 Å². The first-order valence-corrected chi connectivity index (χ1v) is 10.3. The zero-order valence-electron chi connectivity index (χ0n) is 18.1. The molecule has 1 N–H and O–H groups in total. The fourth-order valence-corrected chi connectivity index (χ4v) is 3.61. The number of aromatic nitrogens is 4. The zero-order chi connectivity index (χ0) is 24.1. The molecule has 1 aromatic carbocycles. The second kappa shape index (κ2) is 10.00. The third-order valence-corrected chi connectivity index (χ3v) is 5.27. The molecule has 0 saturated carbocycles. The van der Waals surface area contributed by atoms with Crippen LogP contribution in [0.3, 0.4) is 0 Å². The number of hydrogen-bond donors (Lipinski definition) is 1. The van der Waals surface area contributed by atoms with E-state index in [1.807, 2.05) is 12.1 Å². The topological polar surface area (TPSA) is 102 Å². The van der Waals surface area contributed by atoms with Gasteiger partial charge in [0.25, 0.3) is 5.91 Å². The Labute approximate surface area is 193 Å². The minimum atomic E-state index is -4.39. The van der Waals surface area contributed by atoms with Gasteiger partial charge < -0.3 is 9.47 Å². The lowest BCUT2D eigenvalue weighted by atomic mass is 9.94. The van der Waals surface area contributed by atoms with Crippen LogP contribution in [0.25, 0.3) is 11.1 Å². The summed E-state index contributed by atoms with van der Waals surface area (Å²) in [5.74, 6) is 0.00790. The summed E-state index contributed by atoms with van der Waals surface area (Å²) in [6, 6.07) is 5.13. The standard InChI is InChI=1S/C22H21F3N6O3/c1-33-21-28-10-14(11-29-21)17-3-2-4-19-18(17)7-16(12-34-19)31(6-5-22(23,24)25)30-20(32)15-8-26-13-27-9-15/h2-4,8-11,13,16H,5-7,12H2,1H3,(H,30,32)/t16-/m0/s1. The molecule has 4 rings (SSSR count). The van der Waals surface area contributed by atoms with Crippen molar-refractivity contribution in [2.75, 3.05) is 20.3 Å².